The summed E-state index contributed by atoms with van der Waals surface area (Å²) in [7, 11) is 0. The van der Waals surface area contributed by atoms with Crippen molar-refractivity contribution < 1.29 is 0 Å². The minimum Gasteiger partial charge on any atom is -0.308 e. The van der Waals surface area contributed by atoms with Crippen LogP contribution in [-0.2, 0) is 0 Å². The van der Waals surface area contributed by atoms with Crippen LogP contribution in [0.2, 0.25) is 0 Å². The average Bonchev–Trinajstić information content (AvgIpc) is 3.13. The zero-order valence-electron chi connectivity index (χ0n) is 12.3. The van der Waals surface area contributed by atoms with Gasteiger partial charge in [0.2, 0.25) is 0 Å². The van der Waals surface area contributed by atoms with E-state index in [1.165, 1.54) is 64.6 Å². The van der Waals surface area contributed by atoms with E-state index in [0.29, 0.717) is 5.54 Å². The topological polar surface area (TPSA) is 15.3 Å². The van der Waals surface area contributed by atoms with Crippen molar-refractivity contribution in [3.63, 3.8) is 0 Å². The smallest absolute Gasteiger partial charge is 0.0309 e. The summed E-state index contributed by atoms with van der Waals surface area (Å²) in [6.07, 6.45) is 10.1. The van der Waals surface area contributed by atoms with Gasteiger partial charge in [-0.2, -0.15) is 0 Å². The van der Waals surface area contributed by atoms with E-state index in [0.717, 1.165) is 17.9 Å². The highest BCUT2D eigenvalue weighted by atomic mass is 15.3. The summed E-state index contributed by atoms with van der Waals surface area (Å²) in [5.74, 6) is 1.82. The molecule has 1 spiro atoms. The lowest BCUT2D eigenvalue weighted by atomic mass is 9.79. The summed E-state index contributed by atoms with van der Waals surface area (Å²) >= 11 is 0. The van der Waals surface area contributed by atoms with Gasteiger partial charge in [-0.15, -0.1) is 0 Å². The summed E-state index contributed by atoms with van der Waals surface area (Å²) in [6.45, 7) is 8.65. The molecule has 1 saturated heterocycles. The molecule has 2 aliphatic carbocycles. The van der Waals surface area contributed by atoms with Crippen molar-refractivity contribution in [1.29, 1.82) is 0 Å². The second kappa shape index (κ2) is 5.13. The van der Waals surface area contributed by atoms with Crippen molar-refractivity contribution >= 4 is 0 Å². The van der Waals surface area contributed by atoms with E-state index in [2.05, 4.69) is 24.1 Å². The molecular formula is C16H30N2. The van der Waals surface area contributed by atoms with Gasteiger partial charge in [-0.05, 0) is 37.5 Å². The number of hydrogen-bond donors (Lipinski definition) is 1. The molecule has 2 nitrogen and oxygen atoms in total. The largest absolute Gasteiger partial charge is 0.308 e. The van der Waals surface area contributed by atoms with Crippen LogP contribution in [0.15, 0.2) is 0 Å². The van der Waals surface area contributed by atoms with Crippen LogP contribution in [0, 0.1) is 11.8 Å². The van der Waals surface area contributed by atoms with Crippen molar-refractivity contribution in [3.8, 4) is 0 Å². The quantitative estimate of drug-likeness (QED) is 0.828. The summed E-state index contributed by atoms with van der Waals surface area (Å²) < 4.78 is 0. The minimum absolute atomic E-state index is 0.485. The fourth-order valence-corrected chi connectivity index (χ4v) is 4.19. The highest BCUT2D eigenvalue weighted by molar-refractivity contribution is 5.03. The Kier molecular flexibility index (Phi) is 3.68. The van der Waals surface area contributed by atoms with Crippen LogP contribution >= 0.6 is 0 Å². The van der Waals surface area contributed by atoms with Crippen LogP contribution in [0.4, 0.5) is 0 Å². The molecule has 18 heavy (non-hydrogen) atoms. The molecule has 1 aliphatic heterocycles. The van der Waals surface area contributed by atoms with E-state index in [4.69, 9.17) is 0 Å². The first-order chi connectivity index (χ1) is 8.69. The molecule has 0 aromatic carbocycles. The Labute approximate surface area is 113 Å². The second-order valence-electron chi connectivity index (χ2n) is 7.45. The standard InChI is InChI=1S/C16H30N2/c1-13(2)11-18-12-16(8-4-3-5-9-16)17-10-15(18)14-6-7-14/h13-15,17H,3-12H2,1-2H3. The van der Waals surface area contributed by atoms with E-state index >= 15 is 0 Å². The van der Waals surface area contributed by atoms with Gasteiger partial charge in [0.1, 0.15) is 0 Å². The Bertz CT molecular complexity index is 277. The molecule has 1 heterocycles. The molecule has 0 radical (unpaired) electrons. The van der Waals surface area contributed by atoms with Gasteiger partial charge < -0.3 is 5.32 Å². The van der Waals surface area contributed by atoms with E-state index < -0.39 is 0 Å². The predicted molar refractivity (Wildman–Crippen MR) is 76.7 cm³/mol. The molecule has 1 unspecified atom stereocenters. The Morgan fingerprint density at radius 1 is 1.17 bits per heavy atom. The highest BCUT2D eigenvalue weighted by Crippen LogP contribution is 2.40. The Morgan fingerprint density at radius 2 is 1.89 bits per heavy atom. The third-order valence-electron chi connectivity index (χ3n) is 5.24. The molecular weight excluding hydrogens is 220 g/mol. The van der Waals surface area contributed by atoms with Gasteiger partial charge in [0.25, 0.3) is 0 Å². The predicted octanol–water partition coefficient (Wildman–Crippen LogP) is 3.03. The molecule has 0 aromatic rings. The summed E-state index contributed by atoms with van der Waals surface area (Å²) in [5.41, 5.74) is 0.485. The summed E-state index contributed by atoms with van der Waals surface area (Å²) in [4.78, 5) is 2.85. The van der Waals surface area contributed by atoms with Gasteiger partial charge in [-0.3, -0.25) is 4.90 Å². The Balaban J connectivity index is 1.67. The lowest BCUT2D eigenvalue weighted by molar-refractivity contribution is 0.0387. The molecule has 3 rings (SSSR count). The van der Waals surface area contributed by atoms with E-state index in [1.807, 2.05) is 0 Å². The van der Waals surface area contributed by atoms with Crippen molar-refractivity contribution in [2.45, 2.75) is 70.4 Å². The lowest BCUT2D eigenvalue weighted by Crippen LogP contribution is -2.65. The zero-order chi connectivity index (χ0) is 12.6. The highest BCUT2D eigenvalue weighted by Gasteiger charge is 2.44. The number of hydrogen-bond acceptors (Lipinski definition) is 2. The first kappa shape index (κ1) is 12.9. The molecule has 3 fully saturated rings. The van der Waals surface area contributed by atoms with Crippen molar-refractivity contribution in [2.75, 3.05) is 19.6 Å². The fourth-order valence-electron chi connectivity index (χ4n) is 4.19. The van der Waals surface area contributed by atoms with Crippen LogP contribution < -0.4 is 5.32 Å². The third-order valence-corrected chi connectivity index (χ3v) is 5.24. The molecule has 0 amide bonds. The van der Waals surface area contributed by atoms with Crippen molar-refractivity contribution in [3.05, 3.63) is 0 Å². The second-order valence-corrected chi connectivity index (χ2v) is 7.45. The SMILES string of the molecule is CC(C)CN1CC2(CCCCC2)NCC1C1CC1. The fraction of sp³-hybridized carbons (Fsp3) is 1.00. The number of nitrogens with zero attached hydrogens (tertiary/aromatic N) is 1. The van der Waals surface area contributed by atoms with Gasteiger partial charge in [0, 0.05) is 31.2 Å². The molecule has 2 saturated carbocycles. The maximum atomic E-state index is 3.97. The van der Waals surface area contributed by atoms with Gasteiger partial charge in [0.15, 0.2) is 0 Å². The maximum Gasteiger partial charge on any atom is 0.0309 e. The van der Waals surface area contributed by atoms with Gasteiger partial charge in [-0.25, -0.2) is 0 Å². The van der Waals surface area contributed by atoms with E-state index in [-0.39, 0.29) is 0 Å². The Hall–Kier alpha value is -0.0800. The average molecular weight is 250 g/mol. The molecule has 2 heteroatoms. The summed E-state index contributed by atoms with van der Waals surface area (Å²) in [5, 5.41) is 3.97. The lowest BCUT2D eigenvalue weighted by Gasteiger charge is -2.50. The normalized spacial score (nSPS) is 33.2. The molecule has 104 valence electrons. The zero-order valence-corrected chi connectivity index (χ0v) is 12.3. The van der Waals surface area contributed by atoms with Crippen LogP contribution in [0.25, 0.3) is 0 Å². The molecule has 0 bridgehead atoms. The molecule has 1 atom stereocenters. The van der Waals surface area contributed by atoms with Gasteiger partial charge in [0.05, 0.1) is 0 Å². The van der Waals surface area contributed by atoms with Gasteiger partial charge >= 0.3 is 0 Å². The number of nitrogens with one attached hydrogen (secondary N) is 1. The third kappa shape index (κ3) is 2.75. The van der Waals surface area contributed by atoms with Crippen LogP contribution in [-0.4, -0.2) is 36.1 Å². The van der Waals surface area contributed by atoms with Crippen LogP contribution in [0.3, 0.4) is 0 Å². The number of rotatable bonds is 3. The molecule has 3 aliphatic rings. The first-order valence-corrected chi connectivity index (χ1v) is 8.18. The van der Waals surface area contributed by atoms with Crippen LogP contribution in [0.1, 0.15) is 58.8 Å². The minimum atomic E-state index is 0.485. The first-order valence-electron chi connectivity index (χ1n) is 8.18. The van der Waals surface area contributed by atoms with E-state index in [9.17, 15) is 0 Å². The molecule has 0 aromatic heterocycles. The number of piperazine rings is 1. The molecule has 1 N–H and O–H groups in total. The Morgan fingerprint density at radius 3 is 2.50 bits per heavy atom. The van der Waals surface area contributed by atoms with Crippen molar-refractivity contribution in [1.82, 2.24) is 10.2 Å². The monoisotopic (exact) mass is 250 g/mol. The summed E-state index contributed by atoms with van der Waals surface area (Å²) in [6, 6.07) is 0.847. The van der Waals surface area contributed by atoms with Crippen LogP contribution in [0.5, 0.6) is 0 Å². The maximum absolute atomic E-state index is 3.97. The van der Waals surface area contributed by atoms with E-state index in [1.54, 1.807) is 0 Å². The van der Waals surface area contributed by atoms with Gasteiger partial charge in [-0.1, -0.05) is 33.1 Å². The van der Waals surface area contributed by atoms with Crippen molar-refractivity contribution in [2.24, 2.45) is 11.8 Å².